The Kier molecular flexibility index (Phi) is 4.98. The van der Waals surface area contributed by atoms with Gasteiger partial charge in [0.1, 0.15) is 12.4 Å². The maximum atomic E-state index is 13.6. The number of carbonyl (C=O) groups is 1. The van der Waals surface area contributed by atoms with E-state index in [4.69, 9.17) is 16.3 Å². The summed E-state index contributed by atoms with van der Waals surface area (Å²) in [4.78, 5) is 11.6. The predicted octanol–water partition coefficient (Wildman–Crippen LogP) is 4.99. The number of anilines is 1. The maximum Gasteiger partial charge on any atom is 0.412 e. The molecule has 6 heteroatoms. The summed E-state index contributed by atoms with van der Waals surface area (Å²) in [5.41, 5.74) is 0.813. The molecule has 0 spiro atoms. The highest BCUT2D eigenvalue weighted by atomic mass is 79.9. The van der Waals surface area contributed by atoms with E-state index in [0.717, 1.165) is 5.56 Å². The van der Waals surface area contributed by atoms with E-state index in [1.54, 1.807) is 0 Å². The van der Waals surface area contributed by atoms with Crippen LogP contribution in [-0.2, 0) is 11.3 Å². The van der Waals surface area contributed by atoms with Crippen LogP contribution in [0.3, 0.4) is 0 Å². The Morgan fingerprint density at radius 2 is 2.00 bits per heavy atom. The van der Waals surface area contributed by atoms with E-state index in [-0.39, 0.29) is 12.3 Å². The van der Waals surface area contributed by atoms with Gasteiger partial charge < -0.3 is 4.74 Å². The number of carbonyl (C=O) groups excluding carboxylic acids is 1. The Bertz CT molecular complexity index is 622. The van der Waals surface area contributed by atoms with Gasteiger partial charge in [0.2, 0.25) is 0 Å². The van der Waals surface area contributed by atoms with E-state index >= 15 is 0 Å². The van der Waals surface area contributed by atoms with Crippen LogP contribution >= 0.6 is 27.5 Å². The number of rotatable bonds is 3. The molecule has 2 rings (SSSR count). The van der Waals surface area contributed by atoms with Crippen LogP contribution in [0.15, 0.2) is 46.9 Å². The molecule has 0 aromatic heterocycles. The van der Waals surface area contributed by atoms with Crippen molar-refractivity contribution < 1.29 is 13.9 Å². The van der Waals surface area contributed by atoms with E-state index in [1.807, 2.05) is 30.3 Å². The number of halogens is 3. The van der Waals surface area contributed by atoms with Gasteiger partial charge in [0, 0.05) is 4.47 Å². The molecular formula is C14H10BrClFNO2. The summed E-state index contributed by atoms with van der Waals surface area (Å²) in [6.07, 6.45) is -0.744. The fourth-order valence-corrected chi connectivity index (χ4v) is 1.97. The second kappa shape index (κ2) is 6.72. The number of nitrogens with one attached hydrogen (secondary N) is 1. The Labute approximate surface area is 128 Å². The molecule has 2 aromatic rings. The molecule has 1 amide bonds. The van der Waals surface area contributed by atoms with Crippen LogP contribution in [0.5, 0.6) is 0 Å². The lowest BCUT2D eigenvalue weighted by Gasteiger charge is -2.09. The third kappa shape index (κ3) is 3.95. The molecule has 0 saturated heterocycles. The highest BCUT2D eigenvalue weighted by Gasteiger charge is 2.11. The summed E-state index contributed by atoms with van der Waals surface area (Å²) in [7, 11) is 0. The van der Waals surface area contributed by atoms with Crippen LogP contribution in [0.2, 0.25) is 5.02 Å². The summed E-state index contributed by atoms with van der Waals surface area (Å²) < 4.78 is 19.0. The highest BCUT2D eigenvalue weighted by molar-refractivity contribution is 9.10. The lowest BCUT2D eigenvalue weighted by molar-refractivity contribution is 0.155. The van der Waals surface area contributed by atoms with Crippen molar-refractivity contribution >= 4 is 39.3 Å². The summed E-state index contributed by atoms with van der Waals surface area (Å²) >= 11 is 8.93. The van der Waals surface area contributed by atoms with Crippen molar-refractivity contribution in [1.82, 2.24) is 0 Å². The van der Waals surface area contributed by atoms with Gasteiger partial charge in [0.15, 0.2) is 0 Å². The molecule has 0 fully saturated rings. The van der Waals surface area contributed by atoms with Crippen molar-refractivity contribution in [2.24, 2.45) is 0 Å². The van der Waals surface area contributed by atoms with Gasteiger partial charge in [-0.05, 0) is 33.6 Å². The van der Waals surface area contributed by atoms with Crippen molar-refractivity contribution in [3.05, 3.63) is 63.3 Å². The molecule has 1 N–H and O–H groups in total. The average molecular weight is 359 g/mol. The van der Waals surface area contributed by atoms with Crippen LogP contribution in [0.4, 0.5) is 14.9 Å². The van der Waals surface area contributed by atoms with E-state index < -0.39 is 11.9 Å². The van der Waals surface area contributed by atoms with Crippen LogP contribution in [0, 0.1) is 5.82 Å². The number of hydrogen-bond acceptors (Lipinski definition) is 2. The monoisotopic (exact) mass is 357 g/mol. The first-order valence-electron chi connectivity index (χ1n) is 5.68. The molecule has 0 atom stereocenters. The molecule has 0 heterocycles. The van der Waals surface area contributed by atoms with Crippen molar-refractivity contribution in [1.29, 1.82) is 0 Å². The second-order valence-corrected chi connectivity index (χ2v) is 5.19. The van der Waals surface area contributed by atoms with Gasteiger partial charge in [-0.3, -0.25) is 5.32 Å². The zero-order valence-electron chi connectivity index (χ0n) is 10.2. The molecular weight excluding hydrogens is 349 g/mol. The lowest BCUT2D eigenvalue weighted by atomic mass is 10.2. The standard InChI is InChI=1S/C14H10BrClFNO2/c15-10-6-12(17)13(7-11(10)16)18-14(19)20-8-9-4-2-1-3-5-9/h1-7H,8H2,(H,18,19). The normalized spacial score (nSPS) is 10.2. The molecule has 104 valence electrons. The highest BCUT2D eigenvalue weighted by Crippen LogP contribution is 2.28. The number of ether oxygens (including phenoxy) is 1. The van der Waals surface area contributed by atoms with Gasteiger partial charge in [0.25, 0.3) is 0 Å². The van der Waals surface area contributed by atoms with E-state index in [0.29, 0.717) is 9.50 Å². The molecule has 3 nitrogen and oxygen atoms in total. The van der Waals surface area contributed by atoms with Crippen LogP contribution in [-0.4, -0.2) is 6.09 Å². The summed E-state index contributed by atoms with van der Waals surface area (Å²) in [5.74, 6) is -0.599. The molecule has 0 aliphatic rings. The molecule has 2 aromatic carbocycles. The second-order valence-electron chi connectivity index (χ2n) is 3.93. The molecule has 0 bridgehead atoms. The number of amides is 1. The molecule has 0 saturated carbocycles. The van der Waals surface area contributed by atoms with Crippen molar-refractivity contribution in [2.45, 2.75) is 6.61 Å². The SMILES string of the molecule is O=C(Nc1cc(Cl)c(Br)cc1F)OCc1ccccc1. The molecule has 20 heavy (non-hydrogen) atoms. The van der Waals surface area contributed by atoms with Crippen molar-refractivity contribution in [3.63, 3.8) is 0 Å². The first kappa shape index (κ1) is 14.8. The summed E-state index contributed by atoms with van der Waals surface area (Å²) in [6.45, 7) is 0.110. The Hall–Kier alpha value is -1.59. The first-order valence-corrected chi connectivity index (χ1v) is 6.85. The van der Waals surface area contributed by atoms with Crippen LogP contribution < -0.4 is 5.32 Å². The predicted molar refractivity (Wildman–Crippen MR) is 79.4 cm³/mol. The summed E-state index contributed by atoms with van der Waals surface area (Å²) in [5, 5.41) is 2.60. The van der Waals surface area contributed by atoms with Crippen LogP contribution in [0.25, 0.3) is 0 Å². The van der Waals surface area contributed by atoms with Gasteiger partial charge >= 0.3 is 6.09 Å². The zero-order chi connectivity index (χ0) is 14.5. The largest absolute Gasteiger partial charge is 0.444 e. The smallest absolute Gasteiger partial charge is 0.412 e. The minimum Gasteiger partial charge on any atom is -0.444 e. The maximum absolute atomic E-state index is 13.6. The van der Waals surface area contributed by atoms with E-state index in [9.17, 15) is 9.18 Å². The van der Waals surface area contributed by atoms with Crippen molar-refractivity contribution in [3.8, 4) is 0 Å². The van der Waals surface area contributed by atoms with E-state index in [1.165, 1.54) is 12.1 Å². The first-order chi connectivity index (χ1) is 9.56. The summed E-state index contributed by atoms with van der Waals surface area (Å²) in [6, 6.07) is 11.7. The van der Waals surface area contributed by atoms with Gasteiger partial charge in [0.05, 0.1) is 10.7 Å². The Morgan fingerprint density at radius 3 is 2.70 bits per heavy atom. The zero-order valence-corrected chi connectivity index (χ0v) is 12.5. The molecule has 0 aliphatic heterocycles. The fourth-order valence-electron chi connectivity index (χ4n) is 1.49. The van der Waals surface area contributed by atoms with Gasteiger partial charge in [-0.1, -0.05) is 41.9 Å². The minimum absolute atomic E-state index is 0.0312. The van der Waals surface area contributed by atoms with Crippen LogP contribution in [0.1, 0.15) is 5.56 Å². The fraction of sp³-hybridized carbons (Fsp3) is 0.0714. The molecule has 0 radical (unpaired) electrons. The lowest BCUT2D eigenvalue weighted by Crippen LogP contribution is -2.14. The quantitative estimate of drug-likeness (QED) is 0.785. The number of hydrogen-bond donors (Lipinski definition) is 1. The third-order valence-electron chi connectivity index (χ3n) is 2.46. The number of benzene rings is 2. The average Bonchev–Trinajstić information content (AvgIpc) is 2.44. The Balaban J connectivity index is 1.97. The van der Waals surface area contributed by atoms with Gasteiger partial charge in [-0.25, -0.2) is 9.18 Å². The Morgan fingerprint density at radius 1 is 1.30 bits per heavy atom. The van der Waals surface area contributed by atoms with E-state index in [2.05, 4.69) is 21.2 Å². The third-order valence-corrected chi connectivity index (χ3v) is 3.66. The van der Waals surface area contributed by atoms with Gasteiger partial charge in [-0.2, -0.15) is 0 Å². The van der Waals surface area contributed by atoms with Crippen molar-refractivity contribution in [2.75, 3.05) is 5.32 Å². The molecule has 0 aliphatic carbocycles. The molecule has 0 unspecified atom stereocenters. The minimum atomic E-state index is -0.744. The van der Waals surface area contributed by atoms with Gasteiger partial charge in [-0.15, -0.1) is 0 Å². The topological polar surface area (TPSA) is 38.3 Å².